The average Bonchev–Trinajstić information content (AvgIpc) is 2.59. The number of hydrogen-bond donors (Lipinski definition) is 0. The average molecular weight is 314 g/mol. The summed E-state index contributed by atoms with van der Waals surface area (Å²) in [6.07, 6.45) is 2.02. The third-order valence-corrected chi connectivity index (χ3v) is 3.66. The SMILES string of the molecule is CCCOc1ccc(C(=O)CCCC(=O)OC)c2ccccc12. The Hall–Kier alpha value is -2.36. The van der Waals surface area contributed by atoms with Gasteiger partial charge in [0.25, 0.3) is 0 Å². The van der Waals surface area contributed by atoms with Gasteiger partial charge in [0, 0.05) is 23.8 Å². The summed E-state index contributed by atoms with van der Waals surface area (Å²) in [4.78, 5) is 23.6. The van der Waals surface area contributed by atoms with Gasteiger partial charge in [-0.25, -0.2) is 0 Å². The fourth-order valence-electron chi connectivity index (χ4n) is 2.48. The van der Waals surface area contributed by atoms with Gasteiger partial charge in [-0.3, -0.25) is 9.59 Å². The van der Waals surface area contributed by atoms with Gasteiger partial charge in [-0.15, -0.1) is 0 Å². The summed E-state index contributed by atoms with van der Waals surface area (Å²) >= 11 is 0. The molecule has 0 aliphatic carbocycles. The van der Waals surface area contributed by atoms with E-state index in [4.69, 9.17) is 4.74 Å². The molecule has 0 N–H and O–H groups in total. The molecular weight excluding hydrogens is 292 g/mol. The Morgan fingerprint density at radius 1 is 1.00 bits per heavy atom. The molecule has 0 atom stereocenters. The molecular formula is C19H22O4. The first-order chi connectivity index (χ1) is 11.2. The highest BCUT2D eigenvalue weighted by molar-refractivity contribution is 6.09. The van der Waals surface area contributed by atoms with Crippen molar-refractivity contribution < 1.29 is 19.1 Å². The van der Waals surface area contributed by atoms with Crippen molar-refractivity contribution in [3.05, 3.63) is 42.0 Å². The molecule has 4 heteroatoms. The Kier molecular flexibility index (Phi) is 6.15. The Labute approximate surface area is 136 Å². The molecule has 0 aromatic heterocycles. The normalized spacial score (nSPS) is 10.5. The van der Waals surface area contributed by atoms with Crippen molar-refractivity contribution in [1.82, 2.24) is 0 Å². The highest BCUT2D eigenvalue weighted by atomic mass is 16.5. The lowest BCUT2D eigenvalue weighted by Crippen LogP contribution is -2.05. The second-order valence-corrected chi connectivity index (χ2v) is 5.36. The molecule has 0 saturated heterocycles. The van der Waals surface area contributed by atoms with E-state index in [1.165, 1.54) is 7.11 Å². The van der Waals surface area contributed by atoms with Crippen LogP contribution >= 0.6 is 0 Å². The molecule has 0 unspecified atom stereocenters. The van der Waals surface area contributed by atoms with Gasteiger partial charge in [0.05, 0.1) is 13.7 Å². The van der Waals surface area contributed by atoms with E-state index in [0.717, 1.165) is 22.9 Å². The van der Waals surface area contributed by atoms with E-state index in [1.807, 2.05) is 36.4 Å². The van der Waals surface area contributed by atoms with Crippen LogP contribution in [0, 0.1) is 0 Å². The first-order valence-electron chi connectivity index (χ1n) is 7.92. The molecule has 0 aliphatic rings. The van der Waals surface area contributed by atoms with Crippen LogP contribution in [0.3, 0.4) is 0 Å². The van der Waals surface area contributed by atoms with Gasteiger partial charge in [-0.2, -0.15) is 0 Å². The van der Waals surface area contributed by atoms with Gasteiger partial charge in [0.2, 0.25) is 0 Å². The molecule has 0 saturated carbocycles. The summed E-state index contributed by atoms with van der Waals surface area (Å²) in [6.45, 7) is 2.71. The van der Waals surface area contributed by atoms with E-state index in [-0.39, 0.29) is 18.2 Å². The van der Waals surface area contributed by atoms with Crippen molar-refractivity contribution in [2.75, 3.05) is 13.7 Å². The van der Waals surface area contributed by atoms with E-state index in [0.29, 0.717) is 25.0 Å². The van der Waals surface area contributed by atoms with Crippen LogP contribution in [-0.2, 0) is 9.53 Å². The monoisotopic (exact) mass is 314 g/mol. The zero-order chi connectivity index (χ0) is 16.7. The molecule has 0 spiro atoms. The van der Waals surface area contributed by atoms with E-state index >= 15 is 0 Å². The van der Waals surface area contributed by atoms with Crippen LogP contribution < -0.4 is 4.74 Å². The molecule has 0 heterocycles. The van der Waals surface area contributed by atoms with Crippen molar-refractivity contribution in [3.8, 4) is 5.75 Å². The molecule has 0 aliphatic heterocycles. The Balaban J connectivity index is 2.20. The van der Waals surface area contributed by atoms with E-state index in [9.17, 15) is 9.59 Å². The van der Waals surface area contributed by atoms with Crippen molar-refractivity contribution in [2.45, 2.75) is 32.6 Å². The molecule has 2 rings (SSSR count). The quantitative estimate of drug-likeness (QED) is 0.542. The second-order valence-electron chi connectivity index (χ2n) is 5.36. The summed E-state index contributed by atoms with van der Waals surface area (Å²) in [7, 11) is 1.35. The van der Waals surface area contributed by atoms with Gasteiger partial charge in [-0.05, 0) is 30.4 Å². The number of methoxy groups -OCH3 is 1. The minimum Gasteiger partial charge on any atom is -0.493 e. The minimum absolute atomic E-state index is 0.0344. The maximum absolute atomic E-state index is 12.5. The largest absolute Gasteiger partial charge is 0.493 e. The van der Waals surface area contributed by atoms with Crippen LogP contribution in [0.5, 0.6) is 5.75 Å². The molecule has 122 valence electrons. The first-order valence-corrected chi connectivity index (χ1v) is 7.92. The Bertz CT molecular complexity index is 691. The number of carbonyl (C=O) groups is 2. The molecule has 2 aromatic carbocycles. The number of ether oxygens (including phenoxy) is 2. The van der Waals surface area contributed by atoms with Crippen LogP contribution in [0.15, 0.2) is 36.4 Å². The fraction of sp³-hybridized carbons (Fsp3) is 0.368. The molecule has 23 heavy (non-hydrogen) atoms. The molecule has 0 amide bonds. The summed E-state index contributed by atoms with van der Waals surface area (Å²) in [5.74, 6) is 0.548. The van der Waals surface area contributed by atoms with E-state index in [2.05, 4.69) is 11.7 Å². The fourth-order valence-corrected chi connectivity index (χ4v) is 2.48. The number of hydrogen-bond acceptors (Lipinski definition) is 4. The van der Waals surface area contributed by atoms with Crippen LogP contribution in [0.2, 0.25) is 0 Å². The highest BCUT2D eigenvalue weighted by Crippen LogP contribution is 2.29. The van der Waals surface area contributed by atoms with Crippen molar-refractivity contribution in [2.24, 2.45) is 0 Å². The van der Waals surface area contributed by atoms with Crippen molar-refractivity contribution >= 4 is 22.5 Å². The molecule has 0 radical (unpaired) electrons. The first kappa shape index (κ1) is 17.0. The van der Waals surface area contributed by atoms with E-state index in [1.54, 1.807) is 0 Å². The van der Waals surface area contributed by atoms with Crippen LogP contribution in [-0.4, -0.2) is 25.5 Å². The smallest absolute Gasteiger partial charge is 0.305 e. The Morgan fingerprint density at radius 2 is 1.74 bits per heavy atom. The number of benzene rings is 2. The lowest BCUT2D eigenvalue weighted by Gasteiger charge is -2.11. The number of rotatable bonds is 8. The Morgan fingerprint density at radius 3 is 2.43 bits per heavy atom. The summed E-state index contributed by atoms with van der Waals surface area (Å²) in [5.41, 5.74) is 0.675. The van der Waals surface area contributed by atoms with Crippen LogP contribution in [0.25, 0.3) is 10.8 Å². The van der Waals surface area contributed by atoms with Crippen LogP contribution in [0.1, 0.15) is 43.0 Å². The number of fused-ring (bicyclic) bond motifs is 1. The summed E-state index contributed by atoms with van der Waals surface area (Å²) in [5, 5.41) is 1.84. The van der Waals surface area contributed by atoms with Crippen molar-refractivity contribution in [3.63, 3.8) is 0 Å². The molecule has 2 aromatic rings. The molecule has 0 fully saturated rings. The standard InChI is InChI=1S/C19H22O4/c1-3-13-23-18-12-11-15(14-7-4-5-8-16(14)18)17(20)9-6-10-19(21)22-2/h4-5,7-8,11-12H,3,6,9-10,13H2,1-2H3. The lowest BCUT2D eigenvalue weighted by molar-refractivity contribution is -0.140. The van der Waals surface area contributed by atoms with Gasteiger partial charge >= 0.3 is 5.97 Å². The van der Waals surface area contributed by atoms with Crippen molar-refractivity contribution in [1.29, 1.82) is 0 Å². The minimum atomic E-state index is -0.286. The predicted molar refractivity (Wildman–Crippen MR) is 89.9 cm³/mol. The van der Waals surface area contributed by atoms with Gasteiger partial charge in [-0.1, -0.05) is 31.2 Å². The second kappa shape index (κ2) is 8.32. The molecule has 0 bridgehead atoms. The topological polar surface area (TPSA) is 52.6 Å². The van der Waals surface area contributed by atoms with Crippen LogP contribution in [0.4, 0.5) is 0 Å². The number of carbonyl (C=O) groups excluding carboxylic acids is 2. The number of Topliss-reactive ketones (excluding diaryl/α,β-unsaturated/α-hetero) is 1. The number of ketones is 1. The summed E-state index contributed by atoms with van der Waals surface area (Å²) in [6, 6.07) is 11.4. The van der Waals surface area contributed by atoms with Gasteiger partial charge < -0.3 is 9.47 Å². The van der Waals surface area contributed by atoms with Gasteiger partial charge in [0.15, 0.2) is 5.78 Å². The third-order valence-electron chi connectivity index (χ3n) is 3.66. The zero-order valence-electron chi connectivity index (χ0n) is 13.6. The highest BCUT2D eigenvalue weighted by Gasteiger charge is 2.13. The molecule has 4 nitrogen and oxygen atoms in total. The lowest BCUT2D eigenvalue weighted by atomic mass is 9.98. The maximum Gasteiger partial charge on any atom is 0.305 e. The predicted octanol–water partition coefficient (Wildman–Crippen LogP) is 4.15. The van der Waals surface area contributed by atoms with E-state index < -0.39 is 0 Å². The number of esters is 1. The zero-order valence-corrected chi connectivity index (χ0v) is 13.6. The third kappa shape index (κ3) is 4.31. The summed E-state index contributed by atoms with van der Waals surface area (Å²) < 4.78 is 10.4. The maximum atomic E-state index is 12.5. The van der Waals surface area contributed by atoms with Gasteiger partial charge in [0.1, 0.15) is 5.75 Å².